The molecule has 6 nitrogen and oxygen atoms in total. The van der Waals surface area contributed by atoms with Crippen LogP contribution in [-0.4, -0.2) is 28.7 Å². The number of aromatic amines is 1. The molecule has 2 aromatic rings. The van der Waals surface area contributed by atoms with E-state index in [4.69, 9.17) is 4.74 Å². The van der Waals surface area contributed by atoms with E-state index >= 15 is 0 Å². The smallest absolute Gasteiger partial charge is 0.257 e. The van der Waals surface area contributed by atoms with Crippen LogP contribution >= 0.6 is 11.8 Å². The second-order valence-electron chi connectivity index (χ2n) is 5.56. The number of nitrogens with one attached hydrogen (secondary N) is 2. The molecule has 2 heterocycles. The van der Waals surface area contributed by atoms with Gasteiger partial charge in [0, 0.05) is 12.3 Å². The zero-order chi connectivity index (χ0) is 17.1. The van der Waals surface area contributed by atoms with Crippen molar-refractivity contribution >= 4 is 23.5 Å². The molecule has 0 saturated heterocycles. The van der Waals surface area contributed by atoms with Gasteiger partial charge >= 0.3 is 0 Å². The highest BCUT2D eigenvalue weighted by Crippen LogP contribution is 2.34. The van der Waals surface area contributed by atoms with E-state index in [0.29, 0.717) is 23.1 Å². The molecule has 0 fully saturated rings. The van der Waals surface area contributed by atoms with Crippen LogP contribution in [0.2, 0.25) is 0 Å². The number of aromatic nitrogens is 2. The summed E-state index contributed by atoms with van der Waals surface area (Å²) in [6, 6.07) is 7.55. The maximum absolute atomic E-state index is 12.5. The summed E-state index contributed by atoms with van der Waals surface area (Å²) >= 11 is 1.33. The Morgan fingerprint density at radius 1 is 1.29 bits per heavy atom. The van der Waals surface area contributed by atoms with Crippen molar-refractivity contribution in [3.05, 3.63) is 45.7 Å². The zero-order valence-electron chi connectivity index (χ0n) is 13.6. The van der Waals surface area contributed by atoms with E-state index < -0.39 is 0 Å². The second-order valence-corrected chi connectivity index (χ2v) is 6.35. The lowest BCUT2D eigenvalue weighted by Gasteiger charge is -2.24. The first-order chi connectivity index (χ1) is 11.6. The van der Waals surface area contributed by atoms with Gasteiger partial charge in [-0.05, 0) is 30.4 Å². The largest absolute Gasteiger partial charge is 0.494 e. The Bertz CT molecular complexity index is 802. The monoisotopic (exact) mass is 345 g/mol. The van der Waals surface area contributed by atoms with Gasteiger partial charge in [0.1, 0.15) is 11.6 Å². The highest BCUT2D eigenvalue weighted by molar-refractivity contribution is 7.98. The molecule has 0 spiro atoms. The predicted molar refractivity (Wildman–Crippen MR) is 94.0 cm³/mol. The Kier molecular flexibility index (Phi) is 4.89. The summed E-state index contributed by atoms with van der Waals surface area (Å²) in [4.78, 5) is 31.6. The molecule has 2 N–H and O–H groups in total. The van der Waals surface area contributed by atoms with Gasteiger partial charge in [0.15, 0.2) is 5.16 Å². The van der Waals surface area contributed by atoms with Crippen LogP contribution in [0.3, 0.4) is 0 Å². The summed E-state index contributed by atoms with van der Waals surface area (Å²) in [5.41, 5.74) is 1.20. The molecule has 1 aliphatic rings. The molecule has 126 valence electrons. The van der Waals surface area contributed by atoms with E-state index in [-0.39, 0.29) is 23.8 Å². The number of hydrogen-bond donors (Lipinski definition) is 2. The summed E-state index contributed by atoms with van der Waals surface area (Å²) in [5, 5.41) is 3.20. The molecule has 1 amide bonds. The van der Waals surface area contributed by atoms with Crippen molar-refractivity contribution in [1.29, 1.82) is 0 Å². The molecule has 24 heavy (non-hydrogen) atoms. The summed E-state index contributed by atoms with van der Waals surface area (Å²) in [6.07, 6.45) is 2.99. The molecule has 1 aromatic heterocycles. The summed E-state index contributed by atoms with van der Waals surface area (Å²) in [5.74, 6) is 0.701. The molecule has 1 aliphatic heterocycles. The lowest BCUT2D eigenvalue weighted by molar-refractivity contribution is -0.116. The SMILES string of the molecule is CCCOc1ccc(C2CC(=O)Nc3nc(SC)[nH]c(=O)c32)cc1. The second kappa shape index (κ2) is 7.09. The van der Waals surface area contributed by atoms with Gasteiger partial charge in [-0.3, -0.25) is 9.59 Å². The van der Waals surface area contributed by atoms with Crippen molar-refractivity contribution in [3.63, 3.8) is 0 Å². The van der Waals surface area contributed by atoms with E-state index in [1.54, 1.807) is 0 Å². The number of anilines is 1. The standard InChI is InChI=1S/C17H19N3O3S/c1-3-8-23-11-6-4-10(5-7-11)12-9-13(21)18-15-14(12)16(22)20-17(19-15)24-2/h4-7,12H,3,8-9H2,1-2H3,(H2,18,19,20,21,22). The molecule has 1 unspecified atom stereocenters. The van der Waals surface area contributed by atoms with Gasteiger partial charge < -0.3 is 15.0 Å². The number of nitrogens with zero attached hydrogens (tertiary/aromatic N) is 1. The van der Waals surface area contributed by atoms with Gasteiger partial charge in [0.25, 0.3) is 5.56 Å². The van der Waals surface area contributed by atoms with E-state index in [0.717, 1.165) is 17.7 Å². The van der Waals surface area contributed by atoms with E-state index in [1.165, 1.54) is 11.8 Å². The van der Waals surface area contributed by atoms with Crippen LogP contribution in [0.1, 0.15) is 36.8 Å². The Morgan fingerprint density at radius 2 is 2.04 bits per heavy atom. The molecule has 0 radical (unpaired) electrons. The highest BCUT2D eigenvalue weighted by Gasteiger charge is 2.30. The van der Waals surface area contributed by atoms with Crippen LogP contribution in [0.4, 0.5) is 5.82 Å². The van der Waals surface area contributed by atoms with Crippen molar-refractivity contribution < 1.29 is 9.53 Å². The quantitative estimate of drug-likeness (QED) is 0.643. The molecule has 0 aliphatic carbocycles. The van der Waals surface area contributed by atoms with Gasteiger partial charge in [-0.1, -0.05) is 30.8 Å². The van der Waals surface area contributed by atoms with Gasteiger partial charge in [0.05, 0.1) is 12.2 Å². The maximum atomic E-state index is 12.5. The Hall–Kier alpha value is -2.28. The fourth-order valence-corrected chi connectivity index (χ4v) is 3.13. The fraction of sp³-hybridized carbons (Fsp3) is 0.353. The van der Waals surface area contributed by atoms with Crippen molar-refractivity contribution in [2.75, 3.05) is 18.2 Å². The lowest BCUT2D eigenvalue weighted by Crippen LogP contribution is -2.31. The Labute approximate surface area is 144 Å². The number of carbonyl (C=O) groups excluding carboxylic acids is 1. The average molecular weight is 345 g/mol. The Balaban J connectivity index is 1.98. The van der Waals surface area contributed by atoms with Crippen molar-refractivity contribution in [1.82, 2.24) is 9.97 Å². The maximum Gasteiger partial charge on any atom is 0.257 e. The Morgan fingerprint density at radius 3 is 2.71 bits per heavy atom. The van der Waals surface area contributed by atoms with Crippen molar-refractivity contribution in [3.8, 4) is 5.75 Å². The topological polar surface area (TPSA) is 84.1 Å². The molecule has 7 heteroatoms. The summed E-state index contributed by atoms with van der Waals surface area (Å²) in [6.45, 7) is 2.71. The van der Waals surface area contributed by atoms with E-state index in [2.05, 4.69) is 15.3 Å². The molecule has 1 aromatic carbocycles. The summed E-state index contributed by atoms with van der Waals surface area (Å²) < 4.78 is 5.58. The van der Waals surface area contributed by atoms with Crippen LogP contribution in [0, 0.1) is 0 Å². The van der Waals surface area contributed by atoms with Gasteiger partial charge in [-0.25, -0.2) is 4.98 Å². The minimum absolute atomic E-state index is 0.135. The third kappa shape index (κ3) is 3.31. The van der Waals surface area contributed by atoms with E-state index in [9.17, 15) is 9.59 Å². The minimum Gasteiger partial charge on any atom is -0.494 e. The highest BCUT2D eigenvalue weighted by atomic mass is 32.2. The van der Waals surface area contributed by atoms with E-state index in [1.807, 2.05) is 37.4 Å². The number of hydrogen-bond acceptors (Lipinski definition) is 5. The molecule has 0 bridgehead atoms. The van der Waals surface area contributed by atoms with Gasteiger partial charge in [-0.2, -0.15) is 0 Å². The molecular weight excluding hydrogens is 326 g/mol. The van der Waals surface area contributed by atoms with Crippen molar-refractivity contribution in [2.45, 2.75) is 30.8 Å². The molecule has 0 saturated carbocycles. The number of rotatable bonds is 5. The lowest BCUT2D eigenvalue weighted by atomic mass is 9.87. The van der Waals surface area contributed by atoms with Gasteiger partial charge in [0.2, 0.25) is 5.91 Å². The van der Waals surface area contributed by atoms with Crippen LogP contribution in [0.25, 0.3) is 0 Å². The first-order valence-corrected chi connectivity index (χ1v) is 9.05. The third-order valence-electron chi connectivity index (χ3n) is 3.88. The van der Waals surface area contributed by atoms with Crippen LogP contribution in [0.15, 0.2) is 34.2 Å². The van der Waals surface area contributed by atoms with Gasteiger partial charge in [-0.15, -0.1) is 0 Å². The van der Waals surface area contributed by atoms with Crippen molar-refractivity contribution in [2.24, 2.45) is 0 Å². The third-order valence-corrected chi connectivity index (χ3v) is 4.46. The minimum atomic E-state index is -0.305. The number of thioether (sulfide) groups is 1. The average Bonchev–Trinajstić information content (AvgIpc) is 2.59. The number of benzene rings is 1. The first-order valence-electron chi connectivity index (χ1n) is 7.83. The van der Waals surface area contributed by atoms with Crippen LogP contribution in [-0.2, 0) is 4.79 Å². The molecule has 1 atom stereocenters. The number of amides is 1. The van der Waals surface area contributed by atoms with Crippen LogP contribution in [0.5, 0.6) is 5.75 Å². The fourth-order valence-electron chi connectivity index (χ4n) is 2.75. The normalized spacial score (nSPS) is 16.4. The molecule has 3 rings (SSSR count). The van der Waals surface area contributed by atoms with Crippen LogP contribution < -0.4 is 15.6 Å². The summed E-state index contributed by atoms with van der Waals surface area (Å²) in [7, 11) is 0. The number of ether oxygens (including phenoxy) is 1. The number of H-pyrrole nitrogens is 1. The number of fused-ring (bicyclic) bond motifs is 1. The zero-order valence-corrected chi connectivity index (χ0v) is 14.4. The number of carbonyl (C=O) groups is 1. The first kappa shape index (κ1) is 16.6. The predicted octanol–water partition coefficient (Wildman–Crippen LogP) is 2.75. The molecular formula is C17H19N3O3S.